The van der Waals surface area contributed by atoms with Gasteiger partial charge in [0.1, 0.15) is 13.6 Å². The first-order valence-corrected chi connectivity index (χ1v) is 13.1. The van der Waals surface area contributed by atoms with Gasteiger partial charge >= 0.3 is 0 Å². The van der Waals surface area contributed by atoms with Gasteiger partial charge in [0, 0.05) is 26.6 Å². The molecule has 0 aliphatic heterocycles. The third-order valence-corrected chi connectivity index (χ3v) is 6.42. The Bertz CT molecular complexity index is 608. The second kappa shape index (κ2) is 20.9. The summed E-state index contributed by atoms with van der Waals surface area (Å²) in [5.41, 5.74) is 0. The average Bonchev–Trinajstić information content (AvgIpc) is 2.84. The minimum Gasteiger partial charge on any atom is -0.382 e. The fourth-order valence-corrected chi connectivity index (χ4v) is 4.75. The zero-order chi connectivity index (χ0) is 25.7. The Morgan fingerprint density at radius 1 is 1.00 bits per heavy atom. The molecule has 1 aliphatic rings. The predicted molar refractivity (Wildman–Crippen MR) is 141 cm³/mol. The second-order valence-corrected chi connectivity index (χ2v) is 9.47. The Morgan fingerprint density at radius 2 is 1.71 bits per heavy atom. The highest BCUT2D eigenvalue weighted by atomic mass is 16.7. The molecule has 6 heteroatoms. The van der Waals surface area contributed by atoms with Gasteiger partial charge in [0.2, 0.25) is 0 Å². The van der Waals surface area contributed by atoms with Crippen molar-refractivity contribution in [3.05, 3.63) is 24.8 Å². The van der Waals surface area contributed by atoms with Gasteiger partial charge in [-0.25, -0.2) is 0 Å². The van der Waals surface area contributed by atoms with Crippen LogP contribution in [-0.4, -0.2) is 66.4 Å². The molecule has 0 amide bonds. The van der Waals surface area contributed by atoms with Crippen LogP contribution >= 0.6 is 0 Å². The first kappa shape index (κ1) is 31.8. The molecule has 0 N–H and O–H groups in total. The molecule has 35 heavy (non-hydrogen) atoms. The van der Waals surface area contributed by atoms with E-state index in [0.717, 1.165) is 38.5 Å². The van der Waals surface area contributed by atoms with Gasteiger partial charge < -0.3 is 28.4 Å². The van der Waals surface area contributed by atoms with Crippen LogP contribution in [0, 0.1) is 35.5 Å². The van der Waals surface area contributed by atoms with Gasteiger partial charge in [0.15, 0.2) is 0 Å². The number of ether oxygens (including phenoxy) is 6. The van der Waals surface area contributed by atoms with Crippen molar-refractivity contribution in [3.63, 3.8) is 0 Å². The summed E-state index contributed by atoms with van der Waals surface area (Å²) in [5.74, 6) is 7.78. The molecule has 0 bridgehead atoms. The van der Waals surface area contributed by atoms with E-state index in [2.05, 4.69) is 44.4 Å². The van der Waals surface area contributed by atoms with E-state index >= 15 is 0 Å². The number of methoxy groups -OCH3 is 2. The SMILES string of the molecule is C=CC[C@@H]1CCCC(OCOCCOC)[C@H]1[C@H](OCOCCOC)C(CC#CC)C/C=C/C(C)C. The minimum absolute atomic E-state index is 0.0476. The molecule has 0 aromatic heterocycles. The van der Waals surface area contributed by atoms with Crippen molar-refractivity contribution in [2.75, 3.05) is 54.2 Å². The molecule has 6 nitrogen and oxygen atoms in total. The third-order valence-electron chi connectivity index (χ3n) is 6.42. The molecule has 2 unspecified atom stereocenters. The summed E-state index contributed by atoms with van der Waals surface area (Å²) in [7, 11) is 3.34. The van der Waals surface area contributed by atoms with E-state index < -0.39 is 0 Å². The van der Waals surface area contributed by atoms with Gasteiger partial charge in [-0.1, -0.05) is 38.5 Å². The quantitative estimate of drug-likeness (QED) is 0.0947. The molecule has 1 fully saturated rings. The first-order valence-electron chi connectivity index (χ1n) is 13.1. The summed E-state index contributed by atoms with van der Waals surface area (Å²) in [5, 5.41) is 0. The van der Waals surface area contributed by atoms with Gasteiger partial charge in [0.25, 0.3) is 0 Å². The Labute approximate surface area is 214 Å². The first-order chi connectivity index (χ1) is 17.1. The zero-order valence-corrected chi connectivity index (χ0v) is 22.8. The zero-order valence-electron chi connectivity index (χ0n) is 22.8. The smallest absolute Gasteiger partial charge is 0.147 e. The molecule has 0 saturated heterocycles. The van der Waals surface area contributed by atoms with Crippen LogP contribution in [0.2, 0.25) is 0 Å². The van der Waals surface area contributed by atoms with Crippen LogP contribution in [0.5, 0.6) is 0 Å². The molecule has 0 aromatic carbocycles. The molecule has 0 spiro atoms. The van der Waals surface area contributed by atoms with Crippen LogP contribution < -0.4 is 0 Å². The molecule has 202 valence electrons. The summed E-state index contributed by atoms with van der Waals surface area (Å²) < 4.78 is 34.5. The maximum Gasteiger partial charge on any atom is 0.147 e. The molecular weight excluding hydrogens is 444 g/mol. The van der Waals surface area contributed by atoms with Crippen LogP contribution in [0.3, 0.4) is 0 Å². The number of hydrogen-bond acceptors (Lipinski definition) is 6. The lowest BCUT2D eigenvalue weighted by molar-refractivity contribution is -0.188. The Morgan fingerprint density at radius 3 is 2.34 bits per heavy atom. The molecule has 5 atom stereocenters. The van der Waals surface area contributed by atoms with Gasteiger partial charge in [0.05, 0.1) is 38.6 Å². The summed E-state index contributed by atoms with van der Waals surface area (Å²) in [6, 6.07) is 0. The maximum absolute atomic E-state index is 6.54. The summed E-state index contributed by atoms with van der Waals surface area (Å²) >= 11 is 0. The Balaban J connectivity index is 3.15. The number of allylic oxidation sites excluding steroid dienone is 3. The fraction of sp³-hybridized carbons (Fsp3) is 0.793. The normalized spacial score (nSPS) is 22.2. The maximum atomic E-state index is 6.54. The van der Waals surface area contributed by atoms with Gasteiger partial charge in [-0.05, 0) is 50.4 Å². The summed E-state index contributed by atoms with van der Waals surface area (Å²) in [4.78, 5) is 0. The average molecular weight is 495 g/mol. The van der Waals surface area contributed by atoms with Crippen molar-refractivity contribution >= 4 is 0 Å². The van der Waals surface area contributed by atoms with Crippen LogP contribution in [0.15, 0.2) is 24.8 Å². The van der Waals surface area contributed by atoms with Crippen molar-refractivity contribution in [1.29, 1.82) is 0 Å². The van der Waals surface area contributed by atoms with Crippen molar-refractivity contribution in [2.24, 2.45) is 23.7 Å². The largest absolute Gasteiger partial charge is 0.382 e. The van der Waals surface area contributed by atoms with Crippen LogP contribution in [0.1, 0.15) is 59.3 Å². The number of rotatable bonds is 20. The van der Waals surface area contributed by atoms with E-state index in [-0.39, 0.29) is 37.6 Å². The lowest BCUT2D eigenvalue weighted by Gasteiger charge is -2.44. The van der Waals surface area contributed by atoms with E-state index in [1.54, 1.807) is 14.2 Å². The lowest BCUT2D eigenvalue weighted by Crippen LogP contribution is -2.47. The van der Waals surface area contributed by atoms with Crippen molar-refractivity contribution in [1.82, 2.24) is 0 Å². The van der Waals surface area contributed by atoms with E-state index in [4.69, 9.17) is 28.4 Å². The molecule has 0 heterocycles. The van der Waals surface area contributed by atoms with Gasteiger partial charge in [-0.2, -0.15) is 0 Å². The molecule has 0 aromatic rings. The molecule has 0 radical (unpaired) electrons. The third kappa shape index (κ3) is 13.6. The van der Waals surface area contributed by atoms with E-state index in [9.17, 15) is 0 Å². The standard InChI is InChI=1S/C29H50O6/c1-7-9-14-26(16-10-13-24(3)4)29(35-23-33-21-19-31-6)28-25(12-8-2)15-11-17-27(28)34-22-32-20-18-30-5/h8,10,13,24-29H,2,11-12,14-23H2,1,3-6H3/b13-10+/t25-,26?,27?,28+,29-/m1/s1. The Hall–Kier alpha value is -1.20. The molecule has 1 saturated carbocycles. The monoisotopic (exact) mass is 494 g/mol. The Kier molecular flexibility index (Phi) is 19.0. The lowest BCUT2D eigenvalue weighted by atomic mass is 9.69. The fourth-order valence-electron chi connectivity index (χ4n) is 4.75. The van der Waals surface area contributed by atoms with E-state index in [1.807, 2.05) is 13.0 Å². The van der Waals surface area contributed by atoms with Crippen molar-refractivity contribution in [3.8, 4) is 11.8 Å². The predicted octanol–water partition coefficient (Wildman–Crippen LogP) is 5.62. The summed E-state index contributed by atoms with van der Waals surface area (Å²) in [6.07, 6.45) is 12.4. The highest BCUT2D eigenvalue weighted by Gasteiger charge is 2.42. The van der Waals surface area contributed by atoms with Gasteiger partial charge in [-0.15, -0.1) is 18.4 Å². The minimum atomic E-state index is -0.0515. The molecular formula is C29H50O6. The number of hydrogen-bond donors (Lipinski definition) is 0. The topological polar surface area (TPSA) is 55.4 Å². The van der Waals surface area contributed by atoms with Gasteiger partial charge in [-0.3, -0.25) is 0 Å². The highest BCUT2D eigenvalue weighted by Crippen LogP contribution is 2.41. The highest BCUT2D eigenvalue weighted by molar-refractivity contribution is 5.03. The van der Waals surface area contributed by atoms with Crippen molar-refractivity contribution in [2.45, 2.75) is 71.5 Å². The van der Waals surface area contributed by atoms with E-state index in [0.29, 0.717) is 38.3 Å². The second-order valence-electron chi connectivity index (χ2n) is 9.47. The van der Waals surface area contributed by atoms with Crippen LogP contribution in [0.25, 0.3) is 0 Å². The molecule has 1 rings (SSSR count). The summed E-state index contributed by atoms with van der Waals surface area (Å²) in [6.45, 7) is 12.9. The van der Waals surface area contributed by atoms with Crippen LogP contribution in [0.4, 0.5) is 0 Å². The van der Waals surface area contributed by atoms with Crippen molar-refractivity contribution < 1.29 is 28.4 Å². The molecule has 1 aliphatic carbocycles. The van der Waals surface area contributed by atoms with Crippen LogP contribution in [-0.2, 0) is 28.4 Å². The van der Waals surface area contributed by atoms with E-state index in [1.165, 1.54) is 0 Å².